The van der Waals surface area contributed by atoms with Gasteiger partial charge in [-0.05, 0) is 39.7 Å². The summed E-state index contributed by atoms with van der Waals surface area (Å²) in [4.78, 5) is 14.7. The summed E-state index contributed by atoms with van der Waals surface area (Å²) in [6.45, 7) is 9.19. The molecule has 0 aromatic carbocycles. The number of likely N-dealkylation sites (N-methyl/N-ethyl adjacent to an activating group) is 1. The van der Waals surface area contributed by atoms with Crippen LogP contribution in [0.4, 0.5) is 0 Å². The Balaban J connectivity index is 2.78. The fourth-order valence-corrected chi connectivity index (χ4v) is 2.47. The Hall–Kier alpha value is -0.570. The number of hydrogen-bond donors (Lipinski definition) is 1. The lowest BCUT2D eigenvalue weighted by Gasteiger charge is -2.37. The Kier molecular flexibility index (Phi) is 4.99. The lowest BCUT2D eigenvalue weighted by Crippen LogP contribution is -2.56. The molecule has 0 aromatic heterocycles. The molecule has 0 unspecified atom stereocenters. The molecule has 0 aromatic rings. The smallest absolute Gasteiger partial charge is 0.242 e. The number of carbonyl (C=O) groups is 1. The molecule has 100 valence electrons. The van der Waals surface area contributed by atoms with E-state index in [1.54, 1.807) is 0 Å². The highest BCUT2D eigenvalue weighted by Crippen LogP contribution is 2.26. The van der Waals surface area contributed by atoms with Crippen molar-refractivity contribution in [2.24, 2.45) is 5.92 Å². The molecule has 0 spiro atoms. The third-order valence-electron chi connectivity index (χ3n) is 3.75. The first-order valence-corrected chi connectivity index (χ1v) is 6.88. The molecule has 1 aliphatic rings. The molecule has 1 saturated carbocycles. The molecule has 1 fully saturated rings. The van der Waals surface area contributed by atoms with Gasteiger partial charge in [0.25, 0.3) is 0 Å². The van der Waals surface area contributed by atoms with Crippen molar-refractivity contribution in [3.05, 3.63) is 0 Å². The van der Waals surface area contributed by atoms with Crippen molar-refractivity contribution in [2.45, 2.75) is 65.0 Å². The summed E-state index contributed by atoms with van der Waals surface area (Å²) in [5, 5.41) is 3.13. The topological polar surface area (TPSA) is 32.3 Å². The second-order valence-corrected chi connectivity index (χ2v) is 6.16. The Labute approximate surface area is 106 Å². The second-order valence-electron chi connectivity index (χ2n) is 6.16. The van der Waals surface area contributed by atoms with Crippen molar-refractivity contribution in [2.75, 3.05) is 13.6 Å². The van der Waals surface area contributed by atoms with Gasteiger partial charge in [-0.15, -0.1) is 0 Å². The molecule has 3 heteroatoms. The van der Waals surface area contributed by atoms with E-state index < -0.39 is 5.54 Å². The van der Waals surface area contributed by atoms with Gasteiger partial charge in [-0.2, -0.15) is 0 Å². The molecule has 0 radical (unpaired) electrons. The fourth-order valence-electron chi connectivity index (χ4n) is 2.47. The average Bonchev–Trinajstić information content (AvgIpc) is 2.77. The van der Waals surface area contributed by atoms with E-state index >= 15 is 0 Å². The Bertz CT molecular complexity index is 255. The molecule has 1 rings (SSSR count). The minimum atomic E-state index is -0.447. The first-order valence-electron chi connectivity index (χ1n) is 6.88. The van der Waals surface area contributed by atoms with Gasteiger partial charge in [-0.25, -0.2) is 0 Å². The van der Waals surface area contributed by atoms with Gasteiger partial charge in [0.2, 0.25) is 5.91 Å². The highest BCUT2D eigenvalue weighted by Gasteiger charge is 2.35. The Morgan fingerprint density at radius 2 is 1.88 bits per heavy atom. The van der Waals surface area contributed by atoms with Gasteiger partial charge < -0.3 is 10.2 Å². The maximum atomic E-state index is 12.6. The highest BCUT2D eigenvalue weighted by molar-refractivity contribution is 5.85. The zero-order valence-electron chi connectivity index (χ0n) is 12.0. The summed E-state index contributed by atoms with van der Waals surface area (Å²) in [6, 6.07) is 0.470. The monoisotopic (exact) mass is 240 g/mol. The van der Waals surface area contributed by atoms with Crippen molar-refractivity contribution >= 4 is 5.91 Å². The van der Waals surface area contributed by atoms with Gasteiger partial charge in [-0.3, -0.25) is 4.79 Å². The van der Waals surface area contributed by atoms with Crippen LogP contribution in [-0.2, 0) is 4.79 Å². The average molecular weight is 240 g/mol. The molecular formula is C14H28N2O. The van der Waals surface area contributed by atoms with Gasteiger partial charge in [0.05, 0.1) is 5.54 Å². The Morgan fingerprint density at radius 3 is 2.29 bits per heavy atom. The zero-order chi connectivity index (χ0) is 13.1. The van der Waals surface area contributed by atoms with Crippen LogP contribution in [0.3, 0.4) is 0 Å². The SMILES string of the molecule is CNC(C)(C)C(=O)N(CC(C)C)C1CCCC1. The molecule has 1 N–H and O–H groups in total. The van der Waals surface area contributed by atoms with Crippen LogP contribution < -0.4 is 5.32 Å². The summed E-state index contributed by atoms with van der Waals surface area (Å²) in [7, 11) is 1.86. The normalized spacial score (nSPS) is 17.8. The standard InChI is InChI=1S/C14H28N2O/c1-11(2)10-16(12-8-6-7-9-12)13(17)14(3,4)15-5/h11-12,15H,6-10H2,1-5H3. The number of amides is 1. The van der Waals surface area contributed by atoms with Crippen molar-refractivity contribution in [1.29, 1.82) is 0 Å². The minimum Gasteiger partial charge on any atom is -0.338 e. The van der Waals surface area contributed by atoms with Gasteiger partial charge in [0.15, 0.2) is 0 Å². The molecule has 1 amide bonds. The molecule has 0 aliphatic heterocycles. The molecule has 0 atom stereocenters. The molecule has 0 bridgehead atoms. The molecule has 0 heterocycles. The summed E-state index contributed by atoms with van der Waals surface area (Å²) in [5.74, 6) is 0.785. The summed E-state index contributed by atoms with van der Waals surface area (Å²) in [5.41, 5.74) is -0.447. The largest absolute Gasteiger partial charge is 0.338 e. The van der Waals surface area contributed by atoms with Crippen LogP contribution in [0.5, 0.6) is 0 Å². The van der Waals surface area contributed by atoms with Crippen molar-refractivity contribution in [1.82, 2.24) is 10.2 Å². The van der Waals surface area contributed by atoms with Crippen LogP contribution in [0.25, 0.3) is 0 Å². The van der Waals surface area contributed by atoms with Gasteiger partial charge in [-0.1, -0.05) is 26.7 Å². The van der Waals surface area contributed by atoms with E-state index in [1.165, 1.54) is 25.7 Å². The highest BCUT2D eigenvalue weighted by atomic mass is 16.2. The number of nitrogens with one attached hydrogen (secondary N) is 1. The number of hydrogen-bond acceptors (Lipinski definition) is 2. The van der Waals surface area contributed by atoms with Crippen LogP contribution in [-0.4, -0.2) is 36.0 Å². The molecule has 0 saturated heterocycles. The third kappa shape index (κ3) is 3.70. The van der Waals surface area contributed by atoms with Crippen molar-refractivity contribution < 1.29 is 4.79 Å². The molecular weight excluding hydrogens is 212 g/mol. The van der Waals surface area contributed by atoms with E-state index in [0.29, 0.717) is 12.0 Å². The van der Waals surface area contributed by atoms with Crippen LogP contribution >= 0.6 is 0 Å². The molecule has 1 aliphatic carbocycles. The zero-order valence-corrected chi connectivity index (χ0v) is 12.0. The van der Waals surface area contributed by atoms with E-state index in [2.05, 4.69) is 24.1 Å². The predicted octanol–water partition coefficient (Wildman–Crippen LogP) is 2.41. The quantitative estimate of drug-likeness (QED) is 0.800. The summed E-state index contributed by atoms with van der Waals surface area (Å²) < 4.78 is 0. The molecule has 3 nitrogen and oxygen atoms in total. The maximum Gasteiger partial charge on any atom is 0.242 e. The van der Waals surface area contributed by atoms with E-state index in [0.717, 1.165) is 6.54 Å². The third-order valence-corrected chi connectivity index (χ3v) is 3.75. The van der Waals surface area contributed by atoms with Gasteiger partial charge in [0, 0.05) is 12.6 Å². The first-order chi connectivity index (χ1) is 7.88. The second kappa shape index (κ2) is 5.85. The summed E-state index contributed by atoms with van der Waals surface area (Å²) in [6.07, 6.45) is 4.90. The van der Waals surface area contributed by atoms with Crippen LogP contribution in [0, 0.1) is 5.92 Å². The first kappa shape index (κ1) is 14.5. The van der Waals surface area contributed by atoms with Crippen molar-refractivity contribution in [3.63, 3.8) is 0 Å². The lowest BCUT2D eigenvalue weighted by molar-refractivity contribution is -0.139. The lowest BCUT2D eigenvalue weighted by atomic mass is 10.0. The Morgan fingerprint density at radius 1 is 1.35 bits per heavy atom. The predicted molar refractivity (Wildman–Crippen MR) is 71.9 cm³/mol. The maximum absolute atomic E-state index is 12.6. The van der Waals surface area contributed by atoms with E-state index in [9.17, 15) is 4.79 Å². The minimum absolute atomic E-state index is 0.251. The fraction of sp³-hybridized carbons (Fsp3) is 0.929. The van der Waals surface area contributed by atoms with Crippen molar-refractivity contribution in [3.8, 4) is 0 Å². The van der Waals surface area contributed by atoms with Crippen LogP contribution in [0.1, 0.15) is 53.4 Å². The van der Waals surface area contributed by atoms with Gasteiger partial charge >= 0.3 is 0 Å². The van der Waals surface area contributed by atoms with E-state index in [-0.39, 0.29) is 5.91 Å². The van der Waals surface area contributed by atoms with Gasteiger partial charge in [0.1, 0.15) is 0 Å². The van der Waals surface area contributed by atoms with Crippen LogP contribution in [0.2, 0.25) is 0 Å². The number of rotatable bonds is 5. The molecule has 17 heavy (non-hydrogen) atoms. The number of carbonyl (C=O) groups excluding carboxylic acids is 1. The number of nitrogens with zero attached hydrogens (tertiary/aromatic N) is 1. The van der Waals surface area contributed by atoms with Crippen LogP contribution in [0.15, 0.2) is 0 Å². The van der Waals surface area contributed by atoms with E-state index in [1.807, 2.05) is 20.9 Å². The summed E-state index contributed by atoms with van der Waals surface area (Å²) >= 11 is 0. The van der Waals surface area contributed by atoms with E-state index in [4.69, 9.17) is 0 Å².